The first kappa shape index (κ1) is 16.3. The van der Waals surface area contributed by atoms with Crippen molar-refractivity contribution in [2.24, 2.45) is 0 Å². The molecule has 0 radical (unpaired) electrons. The van der Waals surface area contributed by atoms with Crippen LogP contribution < -0.4 is 5.32 Å². The average Bonchev–Trinajstić information content (AvgIpc) is 2.55. The van der Waals surface area contributed by atoms with Crippen molar-refractivity contribution in [3.8, 4) is 0 Å². The highest BCUT2D eigenvalue weighted by atomic mass is 16.4. The number of aliphatic carboxylic acids is 2. The quantitative estimate of drug-likeness (QED) is 0.626. The number of hydrogen-bond acceptors (Lipinski definition) is 5. The van der Waals surface area contributed by atoms with Gasteiger partial charge in [-0.2, -0.15) is 0 Å². The molecule has 7 heteroatoms. The molecule has 0 saturated carbocycles. The molecule has 0 aliphatic heterocycles. The summed E-state index contributed by atoms with van der Waals surface area (Å²) in [6.45, 7) is -0.626. The van der Waals surface area contributed by atoms with Gasteiger partial charge in [0.2, 0.25) is 0 Å². The van der Waals surface area contributed by atoms with Gasteiger partial charge in [0, 0.05) is 23.2 Å². The van der Waals surface area contributed by atoms with Crippen LogP contribution in [0.5, 0.6) is 0 Å². The normalized spacial score (nSPS) is 10.1. The number of hydrogen-bond donors (Lipinski definition) is 3. The number of nitrogens with zero attached hydrogens (tertiary/aromatic N) is 2. The van der Waals surface area contributed by atoms with E-state index in [1.807, 2.05) is 24.4 Å². The van der Waals surface area contributed by atoms with Gasteiger partial charge in [-0.25, -0.2) is 0 Å². The Morgan fingerprint density at radius 3 is 2.26 bits per heavy atom. The van der Waals surface area contributed by atoms with Gasteiger partial charge < -0.3 is 10.2 Å². The van der Waals surface area contributed by atoms with Gasteiger partial charge in [-0.1, -0.05) is 12.1 Å². The first-order valence-electron chi connectivity index (χ1n) is 6.80. The van der Waals surface area contributed by atoms with Crippen LogP contribution in [0.3, 0.4) is 0 Å². The molecule has 3 N–H and O–H groups in total. The molecule has 0 amide bonds. The Morgan fingerprint density at radius 1 is 0.913 bits per heavy atom. The van der Waals surface area contributed by atoms with Crippen molar-refractivity contribution in [1.82, 2.24) is 15.3 Å². The molecule has 0 spiro atoms. The molecule has 1 aromatic carbocycles. The van der Waals surface area contributed by atoms with Gasteiger partial charge in [-0.05, 0) is 24.3 Å². The third-order valence-electron chi connectivity index (χ3n) is 2.91. The smallest absolute Gasteiger partial charge is 0.317 e. The molecule has 2 aromatic heterocycles. The fourth-order valence-electron chi connectivity index (χ4n) is 1.97. The molecular formula is C16H15N3O4. The molecule has 0 aliphatic rings. The predicted molar refractivity (Wildman–Crippen MR) is 85.2 cm³/mol. The highest BCUT2D eigenvalue weighted by Gasteiger charge is 2.00. The third kappa shape index (κ3) is 4.72. The molecule has 0 fully saturated rings. The van der Waals surface area contributed by atoms with Crippen molar-refractivity contribution < 1.29 is 19.8 Å². The minimum absolute atomic E-state index is 0.313. The number of carbonyl (C=O) groups is 2. The lowest BCUT2D eigenvalue weighted by Crippen LogP contribution is -2.27. The van der Waals surface area contributed by atoms with Gasteiger partial charge in [-0.3, -0.25) is 24.9 Å². The molecular weight excluding hydrogens is 298 g/mol. The zero-order chi connectivity index (χ0) is 16.7. The lowest BCUT2D eigenvalue weighted by atomic mass is 10.1. The van der Waals surface area contributed by atoms with E-state index in [0.29, 0.717) is 0 Å². The van der Waals surface area contributed by atoms with Crippen LogP contribution >= 0.6 is 0 Å². The molecule has 7 nitrogen and oxygen atoms in total. The number of aromatic nitrogens is 2. The zero-order valence-corrected chi connectivity index (χ0v) is 12.1. The van der Waals surface area contributed by atoms with E-state index in [4.69, 9.17) is 10.2 Å². The third-order valence-corrected chi connectivity index (χ3v) is 2.91. The molecule has 0 saturated heterocycles. The van der Waals surface area contributed by atoms with E-state index in [-0.39, 0.29) is 13.1 Å². The Labute approximate surface area is 131 Å². The van der Waals surface area contributed by atoms with Gasteiger partial charge >= 0.3 is 11.9 Å². The van der Waals surface area contributed by atoms with Crippen LogP contribution in [0.1, 0.15) is 0 Å². The second-order valence-electron chi connectivity index (χ2n) is 4.60. The number of rotatable bonds is 4. The van der Waals surface area contributed by atoms with E-state index in [1.165, 1.54) is 0 Å². The molecule has 0 aliphatic carbocycles. The standard InChI is InChI=1S/C12H8N2.C4H7NO4/c1-3-9-5-6-11-10(4-2-7-13-11)12(9)14-8-1;6-3(7)1-5-2-4(8)9/h1-8H;5H,1-2H2,(H,6,7)(H,8,9). The maximum Gasteiger partial charge on any atom is 0.317 e. The fourth-order valence-corrected chi connectivity index (χ4v) is 1.97. The van der Waals surface area contributed by atoms with E-state index in [1.54, 1.807) is 6.20 Å². The van der Waals surface area contributed by atoms with Gasteiger partial charge in [0.1, 0.15) is 0 Å². The first-order chi connectivity index (χ1) is 11.1. The molecule has 3 aromatic rings. The van der Waals surface area contributed by atoms with Crippen molar-refractivity contribution in [2.45, 2.75) is 0 Å². The Balaban J connectivity index is 0.000000188. The fraction of sp³-hybridized carbons (Fsp3) is 0.125. The second-order valence-corrected chi connectivity index (χ2v) is 4.60. The second kappa shape index (κ2) is 7.81. The summed E-state index contributed by atoms with van der Waals surface area (Å²) in [5.74, 6) is -2.12. The van der Waals surface area contributed by atoms with Gasteiger partial charge in [0.25, 0.3) is 0 Å². The summed E-state index contributed by atoms with van der Waals surface area (Å²) in [4.78, 5) is 28.1. The van der Waals surface area contributed by atoms with E-state index < -0.39 is 11.9 Å². The maximum absolute atomic E-state index is 9.73. The predicted octanol–water partition coefficient (Wildman–Crippen LogP) is 1.53. The highest BCUT2D eigenvalue weighted by Crippen LogP contribution is 2.20. The number of benzene rings is 1. The number of carboxylic acid groups (broad SMARTS) is 2. The van der Waals surface area contributed by atoms with Crippen molar-refractivity contribution in [3.63, 3.8) is 0 Å². The van der Waals surface area contributed by atoms with Crippen molar-refractivity contribution in [1.29, 1.82) is 0 Å². The topological polar surface area (TPSA) is 112 Å². The summed E-state index contributed by atoms with van der Waals surface area (Å²) >= 11 is 0. The number of nitrogens with one attached hydrogen (secondary N) is 1. The molecule has 23 heavy (non-hydrogen) atoms. The number of carboxylic acids is 2. The monoisotopic (exact) mass is 313 g/mol. The minimum atomic E-state index is -1.06. The molecule has 3 rings (SSSR count). The SMILES string of the molecule is O=C(O)CNCC(=O)O.c1cnc2c(c1)ccc1ncccc12. The Morgan fingerprint density at radius 2 is 1.57 bits per heavy atom. The van der Waals surface area contributed by atoms with Crippen molar-refractivity contribution >= 4 is 33.7 Å². The van der Waals surface area contributed by atoms with Crippen LogP contribution in [0, 0.1) is 0 Å². The molecule has 2 heterocycles. The highest BCUT2D eigenvalue weighted by molar-refractivity contribution is 6.03. The van der Waals surface area contributed by atoms with Crippen LogP contribution in [-0.2, 0) is 9.59 Å². The van der Waals surface area contributed by atoms with Crippen molar-refractivity contribution in [3.05, 3.63) is 48.8 Å². The van der Waals surface area contributed by atoms with Crippen LogP contribution in [0.15, 0.2) is 48.8 Å². The molecule has 118 valence electrons. The van der Waals surface area contributed by atoms with E-state index in [0.717, 1.165) is 21.8 Å². The molecule has 0 atom stereocenters. The van der Waals surface area contributed by atoms with Crippen LogP contribution in [0.25, 0.3) is 21.8 Å². The summed E-state index contributed by atoms with van der Waals surface area (Å²) in [7, 11) is 0. The summed E-state index contributed by atoms with van der Waals surface area (Å²) in [6.07, 6.45) is 3.62. The van der Waals surface area contributed by atoms with Gasteiger partial charge in [-0.15, -0.1) is 0 Å². The van der Waals surface area contributed by atoms with E-state index >= 15 is 0 Å². The summed E-state index contributed by atoms with van der Waals surface area (Å²) < 4.78 is 0. The summed E-state index contributed by atoms with van der Waals surface area (Å²) in [5, 5.41) is 20.4. The van der Waals surface area contributed by atoms with Gasteiger partial charge in [0.15, 0.2) is 0 Å². The lowest BCUT2D eigenvalue weighted by Gasteiger charge is -2.00. The van der Waals surface area contributed by atoms with Gasteiger partial charge in [0.05, 0.1) is 24.1 Å². The van der Waals surface area contributed by atoms with Crippen LogP contribution in [0.2, 0.25) is 0 Å². The van der Waals surface area contributed by atoms with Crippen molar-refractivity contribution in [2.75, 3.05) is 13.1 Å². The lowest BCUT2D eigenvalue weighted by molar-refractivity contribution is -0.137. The summed E-state index contributed by atoms with van der Waals surface area (Å²) in [5.41, 5.74) is 2.02. The van der Waals surface area contributed by atoms with E-state index in [9.17, 15) is 9.59 Å². The Hall–Kier alpha value is -3.06. The first-order valence-corrected chi connectivity index (χ1v) is 6.80. The number of fused-ring (bicyclic) bond motifs is 3. The summed E-state index contributed by atoms with van der Waals surface area (Å²) in [6, 6.07) is 12.1. The van der Waals surface area contributed by atoms with E-state index in [2.05, 4.69) is 33.5 Å². The average molecular weight is 313 g/mol. The zero-order valence-electron chi connectivity index (χ0n) is 12.1. The molecule has 0 bridgehead atoms. The minimum Gasteiger partial charge on any atom is -0.480 e. The van der Waals surface area contributed by atoms with Crippen LogP contribution in [-0.4, -0.2) is 45.2 Å². The maximum atomic E-state index is 9.73. The molecule has 0 unspecified atom stereocenters. The Kier molecular flexibility index (Phi) is 5.54. The Bertz CT molecular complexity index is 767. The largest absolute Gasteiger partial charge is 0.480 e. The number of pyridine rings is 2. The van der Waals surface area contributed by atoms with Crippen LogP contribution in [0.4, 0.5) is 0 Å².